The second kappa shape index (κ2) is 5.60. The van der Waals surface area contributed by atoms with Crippen LogP contribution in [0.3, 0.4) is 0 Å². The summed E-state index contributed by atoms with van der Waals surface area (Å²) in [7, 11) is 0. The molecule has 5 heteroatoms. The third-order valence-corrected chi connectivity index (χ3v) is 3.12. The molecule has 0 aliphatic carbocycles. The topological polar surface area (TPSA) is 50.9 Å². The van der Waals surface area contributed by atoms with Crippen molar-refractivity contribution >= 4 is 27.5 Å². The Morgan fingerprint density at radius 2 is 1.88 bits per heavy atom. The second-order valence-electron chi connectivity index (χ2n) is 3.59. The lowest BCUT2D eigenvalue weighted by Gasteiger charge is -2.16. The summed E-state index contributed by atoms with van der Waals surface area (Å²) in [6.07, 6.45) is 3.52. The van der Waals surface area contributed by atoms with Crippen LogP contribution in [0, 0.1) is 0 Å². The van der Waals surface area contributed by atoms with E-state index in [1.165, 1.54) is 0 Å². The number of nitrogens with one attached hydrogen (secondary N) is 1. The van der Waals surface area contributed by atoms with Crippen LogP contribution in [-0.4, -0.2) is 4.98 Å². The molecule has 0 aliphatic rings. The number of aromatic nitrogens is 1. The Morgan fingerprint density at radius 1 is 1.18 bits per heavy atom. The zero-order chi connectivity index (χ0) is 12.3. The van der Waals surface area contributed by atoms with Crippen LogP contribution in [0.2, 0.25) is 5.02 Å². The Kier molecular flexibility index (Phi) is 4.12. The molecule has 1 atom stereocenters. The highest BCUT2D eigenvalue weighted by molar-refractivity contribution is 9.10. The summed E-state index contributed by atoms with van der Waals surface area (Å²) in [5.41, 5.74) is 4.81. The molecule has 88 valence electrons. The largest absolute Gasteiger partial charge is 0.271 e. The average molecular weight is 313 g/mol. The van der Waals surface area contributed by atoms with Gasteiger partial charge in [0.1, 0.15) is 0 Å². The number of rotatable bonds is 3. The lowest BCUT2D eigenvalue weighted by Crippen LogP contribution is -2.28. The van der Waals surface area contributed by atoms with E-state index in [1.54, 1.807) is 12.4 Å². The van der Waals surface area contributed by atoms with E-state index < -0.39 is 0 Å². The van der Waals surface area contributed by atoms with Crippen molar-refractivity contribution < 1.29 is 0 Å². The Balaban J connectivity index is 2.36. The lowest BCUT2D eigenvalue weighted by molar-refractivity contribution is 0.634. The standard InChI is InChI=1S/C12H11BrClN3/c13-10-5-9(6-16-7-10)12(17-15)8-1-3-11(14)4-2-8/h1-7,12,17H,15H2. The maximum absolute atomic E-state index is 5.86. The van der Waals surface area contributed by atoms with E-state index in [0.29, 0.717) is 5.02 Å². The van der Waals surface area contributed by atoms with Crippen molar-refractivity contribution in [2.75, 3.05) is 0 Å². The van der Waals surface area contributed by atoms with E-state index in [2.05, 4.69) is 26.3 Å². The van der Waals surface area contributed by atoms with Gasteiger partial charge in [0.15, 0.2) is 0 Å². The summed E-state index contributed by atoms with van der Waals surface area (Å²) in [4.78, 5) is 4.13. The Bertz CT molecular complexity index is 501. The van der Waals surface area contributed by atoms with Gasteiger partial charge in [-0.05, 0) is 45.3 Å². The number of hydrogen-bond donors (Lipinski definition) is 2. The summed E-state index contributed by atoms with van der Waals surface area (Å²) in [5.74, 6) is 5.60. The molecule has 0 aliphatic heterocycles. The van der Waals surface area contributed by atoms with Gasteiger partial charge in [-0.3, -0.25) is 10.8 Å². The molecule has 1 aromatic carbocycles. The molecule has 1 unspecified atom stereocenters. The van der Waals surface area contributed by atoms with Gasteiger partial charge in [0, 0.05) is 21.9 Å². The van der Waals surface area contributed by atoms with Crippen molar-refractivity contribution in [3.05, 3.63) is 63.3 Å². The van der Waals surface area contributed by atoms with Gasteiger partial charge in [-0.1, -0.05) is 23.7 Å². The quantitative estimate of drug-likeness (QED) is 0.676. The van der Waals surface area contributed by atoms with Crippen LogP contribution >= 0.6 is 27.5 Å². The fraction of sp³-hybridized carbons (Fsp3) is 0.0833. The average Bonchev–Trinajstić information content (AvgIpc) is 2.33. The lowest BCUT2D eigenvalue weighted by atomic mass is 10.0. The number of halogens is 2. The van der Waals surface area contributed by atoms with Gasteiger partial charge < -0.3 is 0 Å². The minimum absolute atomic E-state index is 0.0998. The molecular formula is C12H11BrClN3. The third kappa shape index (κ3) is 3.04. The number of nitrogens with zero attached hydrogens (tertiary/aromatic N) is 1. The van der Waals surface area contributed by atoms with Crippen LogP contribution in [-0.2, 0) is 0 Å². The first-order valence-electron chi connectivity index (χ1n) is 5.03. The fourth-order valence-electron chi connectivity index (χ4n) is 1.63. The number of benzene rings is 1. The molecule has 3 N–H and O–H groups in total. The SMILES string of the molecule is NNC(c1ccc(Cl)cc1)c1cncc(Br)c1. The first-order valence-corrected chi connectivity index (χ1v) is 6.20. The van der Waals surface area contributed by atoms with Gasteiger partial charge in [0.05, 0.1) is 6.04 Å². The van der Waals surface area contributed by atoms with E-state index >= 15 is 0 Å². The van der Waals surface area contributed by atoms with E-state index in [-0.39, 0.29) is 6.04 Å². The van der Waals surface area contributed by atoms with E-state index in [0.717, 1.165) is 15.6 Å². The minimum atomic E-state index is -0.0998. The van der Waals surface area contributed by atoms with Crippen molar-refractivity contribution in [1.82, 2.24) is 10.4 Å². The molecule has 0 radical (unpaired) electrons. The third-order valence-electron chi connectivity index (χ3n) is 2.43. The molecule has 0 bridgehead atoms. The first kappa shape index (κ1) is 12.5. The normalized spacial score (nSPS) is 12.4. The first-order chi connectivity index (χ1) is 8.20. The van der Waals surface area contributed by atoms with Gasteiger partial charge in [-0.25, -0.2) is 5.43 Å². The molecule has 2 aromatic rings. The van der Waals surface area contributed by atoms with E-state index in [4.69, 9.17) is 17.4 Å². The minimum Gasteiger partial charge on any atom is -0.271 e. The Hall–Kier alpha value is -0.940. The van der Waals surface area contributed by atoms with Gasteiger partial charge in [0.2, 0.25) is 0 Å². The molecule has 1 aromatic heterocycles. The molecule has 0 saturated carbocycles. The highest BCUT2D eigenvalue weighted by Crippen LogP contribution is 2.24. The molecule has 1 heterocycles. The number of hydrazine groups is 1. The van der Waals surface area contributed by atoms with Gasteiger partial charge in [-0.15, -0.1) is 0 Å². The molecular weight excluding hydrogens is 302 g/mol. The van der Waals surface area contributed by atoms with E-state index in [1.807, 2.05) is 30.3 Å². The molecule has 3 nitrogen and oxygen atoms in total. The van der Waals surface area contributed by atoms with Gasteiger partial charge in [0.25, 0.3) is 0 Å². The highest BCUT2D eigenvalue weighted by Gasteiger charge is 2.12. The van der Waals surface area contributed by atoms with Crippen LogP contribution < -0.4 is 11.3 Å². The molecule has 0 spiro atoms. The summed E-state index contributed by atoms with van der Waals surface area (Å²) in [6, 6.07) is 9.43. The van der Waals surface area contributed by atoms with E-state index in [9.17, 15) is 0 Å². The van der Waals surface area contributed by atoms with Crippen molar-refractivity contribution in [2.45, 2.75) is 6.04 Å². The fourth-order valence-corrected chi connectivity index (χ4v) is 2.13. The van der Waals surface area contributed by atoms with Crippen LogP contribution in [0.15, 0.2) is 47.2 Å². The zero-order valence-electron chi connectivity index (χ0n) is 8.90. The smallest absolute Gasteiger partial charge is 0.0725 e. The van der Waals surface area contributed by atoms with Crippen molar-refractivity contribution in [3.63, 3.8) is 0 Å². The maximum atomic E-state index is 5.86. The summed E-state index contributed by atoms with van der Waals surface area (Å²) >= 11 is 9.25. The summed E-state index contributed by atoms with van der Waals surface area (Å²) < 4.78 is 0.921. The number of nitrogens with two attached hydrogens (primary N) is 1. The van der Waals surface area contributed by atoms with Gasteiger partial charge in [-0.2, -0.15) is 0 Å². The molecule has 17 heavy (non-hydrogen) atoms. The Morgan fingerprint density at radius 3 is 2.47 bits per heavy atom. The summed E-state index contributed by atoms with van der Waals surface area (Å²) in [5, 5.41) is 0.705. The second-order valence-corrected chi connectivity index (χ2v) is 4.94. The van der Waals surface area contributed by atoms with Crippen molar-refractivity contribution in [2.24, 2.45) is 5.84 Å². The van der Waals surface area contributed by atoms with Crippen LogP contribution in [0.25, 0.3) is 0 Å². The molecule has 2 rings (SSSR count). The molecule has 0 fully saturated rings. The number of hydrogen-bond acceptors (Lipinski definition) is 3. The van der Waals surface area contributed by atoms with Crippen LogP contribution in [0.4, 0.5) is 0 Å². The Labute approximate surface area is 113 Å². The predicted octanol–water partition coefficient (Wildman–Crippen LogP) is 3.05. The van der Waals surface area contributed by atoms with Crippen LogP contribution in [0.1, 0.15) is 17.2 Å². The van der Waals surface area contributed by atoms with Gasteiger partial charge >= 0.3 is 0 Å². The number of pyridine rings is 1. The van der Waals surface area contributed by atoms with Crippen molar-refractivity contribution in [3.8, 4) is 0 Å². The molecule has 0 amide bonds. The monoisotopic (exact) mass is 311 g/mol. The highest BCUT2D eigenvalue weighted by atomic mass is 79.9. The summed E-state index contributed by atoms with van der Waals surface area (Å²) in [6.45, 7) is 0. The zero-order valence-corrected chi connectivity index (χ0v) is 11.2. The molecule has 0 saturated heterocycles. The predicted molar refractivity (Wildman–Crippen MR) is 72.6 cm³/mol. The van der Waals surface area contributed by atoms with Crippen molar-refractivity contribution in [1.29, 1.82) is 0 Å². The van der Waals surface area contributed by atoms with Crippen LogP contribution in [0.5, 0.6) is 0 Å². The maximum Gasteiger partial charge on any atom is 0.0725 e.